The first-order valence-electron chi connectivity index (χ1n) is 11.5. The summed E-state index contributed by atoms with van der Waals surface area (Å²) in [6, 6.07) is 20.0. The monoisotopic (exact) mass is 482 g/mol. The van der Waals surface area contributed by atoms with E-state index < -0.39 is 11.2 Å². The van der Waals surface area contributed by atoms with E-state index in [1.54, 1.807) is 43.0 Å². The fourth-order valence-corrected chi connectivity index (χ4v) is 4.57. The summed E-state index contributed by atoms with van der Waals surface area (Å²) in [6.07, 6.45) is 0. The van der Waals surface area contributed by atoms with Gasteiger partial charge in [-0.3, -0.25) is 14.2 Å². The van der Waals surface area contributed by atoms with Gasteiger partial charge >= 0.3 is 5.69 Å². The van der Waals surface area contributed by atoms with Crippen LogP contribution in [-0.4, -0.2) is 26.7 Å². The maximum Gasteiger partial charge on any atom is 0.336 e. The van der Waals surface area contributed by atoms with Crippen molar-refractivity contribution in [2.45, 2.75) is 20.4 Å². The molecule has 1 N–H and O–H groups in total. The predicted octanol–water partition coefficient (Wildman–Crippen LogP) is 3.91. The highest BCUT2D eigenvalue weighted by Crippen LogP contribution is 2.29. The first-order chi connectivity index (χ1) is 17.3. The topological polar surface area (TPSA) is 87.3 Å². The van der Waals surface area contributed by atoms with Crippen molar-refractivity contribution in [2.24, 2.45) is 7.05 Å². The van der Waals surface area contributed by atoms with Crippen LogP contribution in [-0.2, 0) is 18.4 Å². The predicted molar refractivity (Wildman–Crippen MR) is 141 cm³/mol. The fourth-order valence-electron chi connectivity index (χ4n) is 4.57. The molecule has 0 bridgehead atoms. The molecule has 2 aromatic heterocycles. The van der Waals surface area contributed by atoms with Gasteiger partial charge in [-0.1, -0.05) is 35.9 Å². The highest BCUT2D eigenvalue weighted by molar-refractivity contribution is 6.07. The van der Waals surface area contributed by atoms with E-state index >= 15 is 0 Å². The number of hydrogen-bond acceptors (Lipinski definition) is 4. The van der Waals surface area contributed by atoms with Crippen molar-refractivity contribution in [3.8, 4) is 11.4 Å². The van der Waals surface area contributed by atoms with Gasteiger partial charge in [0.2, 0.25) is 5.91 Å². The van der Waals surface area contributed by atoms with Crippen LogP contribution in [0.2, 0.25) is 0 Å². The number of carbonyl (C=O) groups excluding carboxylic acids is 1. The molecule has 0 aliphatic rings. The number of aromatic nitrogens is 3. The van der Waals surface area contributed by atoms with Gasteiger partial charge in [-0.25, -0.2) is 9.36 Å². The second-order valence-electron chi connectivity index (χ2n) is 8.85. The van der Waals surface area contributed by atoms with E-state index in [0.29, 0.717) is 33.5 Å². The molecule has 0 saturated carbocycles. The Balaban J connectivity index is 1.79. The lowest BCUT2D eigenvalue weighted by Gasteiger charge is -2.14. The molecule has 0 atom stereocenters. The smallest absolute Gasteiger partial charge is 0.336 e. The maximum absolute atomic E-state index is 13.9. The second-order valence-corrected chi connectivity index (χ2v) is 8.85. The van der Waals surface area contributed by atoms with Crippen LogP contribution in [0.1, 0.15) is 11.1 Å². The Labute approximate surface area is 207 Å². The van der Waals surface area contributed by atoms with Gasteiger partial charge in [-0.05, 0) is 55.8 Å². The maximum atomic E-state index is 13.9. The Kier molecular flexibility index (Phi) is 5.72. The van der Waals surface area contributed by atoms with E-state index in [4.69, 9.17) is 4.74 Å². The van der Waals surface area contributed by atoms with Crippen LogP contribution in [0, 0.1) is 13.8 Å². The number of benzene rings is 3. The van der Waals surface area contributed by atoms with Gasteiger partial charge < -0.3 is 14.6 Å². The normalized spacial score (nSPS) is 11.2. The minimum atomic E-state index is -0.591. The Hall–Kier alpha value is -4.59. The fraction of sp³-hybridized carbons (Fsp3) is 0.179. The average Bonchev–Trinajstić information content (AvgIpc) is 3.16. The number of fused-ring (bicyclic) bond motifs is 3. The highest BCUT2D eigenvalue weighted by atomic mass is 16.5. The number of nitrogens with zero attached hydrogens (tertiary/aromatic N) is 3. The zero-order chi connectivity index (χ0) is 25.6. The molecule has 0 spiro atoms. The summed E-state index contributed by atoms with van der Waals surface area (Å²) in [5, 5.41) is 3.55. The number of anilines is 1. The van der Waals surface area contributed by atoms with Crippen molar-refractivity contribution in [1.29, 1.82) is 0 Å². The molecule has 0 fully saturated rings. The quantitative estimate of drug-likeness (QED) is 0.412. The number of nitrogens with one attached hydrogen (secondary N) is 1. The molecule has 5 rings (SSSR count). The van der Waals surface area contributed by atoms with E-state index in [-0.39, 0.29) is 12.5 Å². The van der Waals surface area contributed by atoms with Crippen LogP contribution in [0.5, 0.6) is 5.75 Å². The van der Waals surface area contributed by atoms with E-state index in [0.717, 1.165) is 21.2 Å². The first-order valence-corrected chi connectivity index (χ1v) is 11.5. The molecule has 0 aliphatic heterocycles. The summed E-state index contributed by atoms with van der Waals surface area (Å²) in [4.78, 5) is 40.8. The summed E-state index contributed by atoms with van der Waals surface area (Å²) >= 11 is 0. The Bertz CT molecular complexity index is 1760. The first kappa shape index (κ1) is 23.2. The van der Waals surface area contributed by atoms with Gasteiger partial charge in [0.05, 0.1) is 23.8 Å². The number of aryl methyl sites for hydroxylation is 3. The van der Waals surface area contributed by atoms with Crippen LogP contribution >= 0.6 is 0 Å². The second kappa shape index (κ2) is 8.88. The molecule has 8 heteroatoms. The zero-order valence-electron chi connectivity index (χ0n) is 20.5. The minimum Gasteiger partial charge on any atom is -0.497 e. The summed E-state index contributed by atoms with van der Waals surface area (Å²) in [6.45, 7) is 3.56. The van der Waals surface area contributed by atoms with Gasteiger partial charge in [0.15, 0.2) is 0 Å². The van der Waals surface area contributed by atoms with Crippen LogP contribution < -0.4 is 21.3 Å². The molecule has 3 aromatic carbocycles. The third-order valence-electron chi connectivity index (χ3n) is 6.49. The standard InChI is InChI=1S/C28H26N4O4/c1-17-9-11-19(12-10-17)32-27(34)26-25(21-15-20(36-4)13-14-23(21)30(26)3)31(28(32)35)16-24(33)29-22-8-6-5-7-18(22)2/h5-15H,16H2,1-4H3,(H,29,33). The number of methoxy groups -OCH3 is 1. The Morgan fingerprint density at radius 1 is 0.944 bits per heavy atom. The lowest BCUT2D eigenvalue weighted by atomic mass is 10.2. The molecule has 0 unspecified atom stereocenters. The summed E-state index contributed by atoms with van der Waals surface area (Å²) in [7, 11) is 3.33. The zero-order valence-corrected chi connectivity index (χ0v) is 20.5. The van der Waals surface area contributed by atoms with Crippen LogP contribution in [0.3, 0.4) is 0 Å². The Morgan fingerprint density at radius 3 is 2.36 bits per heavy atom. The third kappa shape index (κ3) is 3.76. The van der Waals surface area contributed by atoms with Crippen molar-refractivity contribution < 1.29 is 9.53 Å². The largest absolute Gasteiger partial charge is 0.497 e. The number of carbonyl (C=O) groups is 1. The number of ether oxygens (including phenoxy) is 1. The van der Waals surface area contributed by atoms with Crippen LogP contribution in [0.15, 0.2) is 76.3 Å². The van der Waals surface area contributed by atoms with Gasteiger partial charge in [-0.15, -0.1) is 0 Å². The summed E-state index contributed by atoms with van der Waals surface area (Å²) in [5.41, 5.74) is 3.43. The van der Waals surface area contributed by atoms with E-state index in [1.807, 2.05) is 56.3 Å². The molecule has 1 amide bonds. The third-order valence-corrected chi connectivity index (χ3v) is 6.49. The van der Waals surface area contributed by atoms with Gasteiger partial charge in [0.25, 0.3) is 5.56 Å². The molecule has 2 heterocycles. The van der Waals surface area contributed by atoms with Crippen molar-refractivity contribution in [2.75, 3.05) is 12.4 Å². The lowest BCUT2D eigenvalue weighted by molar-refractivity contribution is -0.116. The van der Waals surface area contributed by atoms with Crippen molar-refractivity contribution >= 4 is 33.5 Å². The number of hydrogen-bond donors (Lipinski definition) is 1. The average molecular weight is 483 g/mol. The number of para-hydroxylation sites is 1. The number of rotatable bonds is 5. The van der Waals surface area contributed by atoms with E-state index in [1.165, 1.54) is 4.57 Å². The molecule has 0 radical (unpaired) electrons. The molecular weight excluding hydrogens is 456 g/mol. The molecule has 8 nitrogen and oxygen atoms in total. The molecular formula is C28H26N4O4. The van der Waals surface area contributed by atoms with Gasteiger partial charge in [0, 0.05) is 18.1 Å². The molecule has 36 heavy (non-hydrogen) atoms. The van der Waals surface area contributed by atoms with Crippen LogP contribution in [0.25, 0.3) is 27.6 Å². The molecule has 0 saturated heterocycles. The number of amides is 1. The SMILES string of the molecule is COc1ccc2c(c1)c1c(c(=O)n(-c3ccc(C)cc3)c(=O)n1CC(=O)Nc1ccccc1C)n2C. The molecule has 182 valence electrons. The van der Waals surface area contributed by atoms with Gasteiger partial charge in [0.1, 0.15) is 17.8 Å². The summed E-state index contributed by atoms with van der Waals surface area (Å²) < 4.78 is 9.65. The van der Waals surface area contributed by atoms with E-state index in [2.05, 4.69) is 5.32 Å². The molecule has 5 aromatic rings. The van der Waals surface area contributed by atoms with Crippen molar-refractivity contribution in [1.82, 2.24) is 13.7 Å². The Morgan fingerprint density at radius 2 is 1.67 bits per heavy atom. The van der Waals surface area contributed by atoms with Crippen LogP contribution in [0.4, 0.5) is 5.69 Å². The van der Waals surface area contributed by atoms with Gasteiger partial charge in [-0.2, -0.15) is 0 Å². The summed E-state index contributed by atoms with van der Waals surface area (Å²) in [5.74, 6) is 0.211. The van der Waals surface area contributed by atoms with E-state index in [9.17, 15) is 14.4 Å². The van der Waals surface area contributed by atoms with Crippen molar-refractivity contribution in [3.63, 3.8) is 0 Å². The molecule has 0 aliphatic carbocycles. The minimum absolute atomic E-state index is 0.272. The highest BCUT2D eigenvalue weighted by Gasteiger charge is 2.23. The lowest BCUT2D eigenvalue weighted by Crippen LogP contribution is -2.41. The van der Waals surface area contributed by atoms with Crippen molar-refractivity contribution in [3.05, 3.63) is 98.7 Å².